The van der Waals surface area contributed by atoms with Gasteiger partial charge in [-0.25, -0.2) is 4.79 Å². The van der Waals surface area contributed by atoms with Crippen molar-refractivity contribution >= 4 is 29.5 Å². The molecule has 0 radical (unpaired) electrons. The molecule has 0 saturated heterocycles. The van der Waals surface area contributed by atoms with Crippen molar-refractivity contribution in [2.45, 2.75) is 32.1 Å². The van der Waals surface area contributed by atoms with Gasteiger partial charge in [0.25, 0.3) is 0 Å². The van der Waals surface area contributed by atoms with E-state index in [0.717, 1.165) is 4.90 Å². The van der Waals surface area contributed by atoms with Gasteiger partial charge in [0.1, 0.15) is 0 Å². The summed E-state index contributed by atoms with van der Waals surface area (Å²) in [6, 6.07) is 9.73. The Labute approximate surface area is 162 Å². The van der Waals surface area contributed by atoms with E-state index >= 15 is 0 Å². The number of ketones is 1. The van der Waals surface area contributed by atoms with E-state index in [0.29, 0.717) is 17.1 Å². The highest BCUT2D eigenvalue weighted by atomic mass is 32.2. The summed E-state index contributed by atoms with van der Waals surface area (Å²) in [5, 5.41) is 0. The van der Waals surface area contributed by atoms with Crippen molar-refractivity contribution in [2.75, 3.05) is 19.0 Å². The molecule has 0 spiro atoms. The highest BCUT2D eigenvalue weighted by Crippen LogP contribution is 2.21. The molecule has 0 unspecified atom stereocenters. The molecule has 0 aliphatic heterocycles. The van der Waals surface area contributed by atoms with Crippen LogP contribution in [0.5, 0.6) is 0 Å². The molecule has 2 rings (SSSR count). The number of aromatic amines is 1. The van der Waals surface area contributed by atoms with E-state index in [1.165, 1.54) is 0 Å². The molecule has 1 aromatic heterocycles. The molecule has 2 aromatic rings. The Bertz CT molecular complexity index is 813. The molecule has 1 N–H and O–H groups in total. The maximum atomic E-state index is 12.5. The number of Topliss-reactive ketones (excluding diaryl/α,β-unsaturated/α-hetero) is 1. The topological polar surface area (TPSA) is 85.5 Å². The zero-order valence-electron chi connectivity index (χ0n) is 15.7. The van der Waals surface area contributed by atoms with Gasteiger partial charge in [-0.15, -0.1) is 11.8 Å². The number of carbonyl (C=O) groups is 3. The monoisotopic (exact) mass is 389 g/mol. The average molecular weight is 389 g/mol. The van der Waals surface area contributed by atoms with Crippen molar-refractivity contribution in [1.82, 2.24) is 4.98 Å². The van der Waals surface area contributed by atoms with Gasteiger partial charge in [0, 0.05) is 22.0 Å². The Balaban J connectivity index is 1.90. The van der Waals surface area contributed by atoms with Crippen molar-refractivity contribution in [3.63, 3.8) is 0 Å². The lowest BCUT2D eigenvalue weighted by atomic mass is 10.1. The molecule has 7 heteroatoms. The van der Waals surface area contributed by atoms with Gasteiger partial charge >= 0.3 is 11.9 Å². The predicted molar refractivity (Wildman–Crippen MR) is 103 cm³/mol. The second-order valence-corrected chi connectivity index (χ2v) is 7.01. The van der Waals surface area contributed by atoms with E-state index in [1.807, 2.05) is 30.3 Å². The number of aryl methyl sites for hydroxylation is 2. The van der Waals surface area contributed by atoms with Gasteiger partial charge in [0.05, 0.1) is 24.2 Å². The van der Waals surface area contributed by atoms with E-state index < -0.39 is 24.3 Å². The van der Waals surface area contributed by atoms with Crippen molar-refractivity contribution < 1.29 is 23.9 Å². The molecule has 0 saturated carbocycles. The Morgan fingerprint density at radius 2 is 1.67 bits per heavy atom. The van der Waals surface area contributed by atoms with Crippen LogP contribution >= 0.6 is 11.8 Å². The molecule has 1 heterocycles. The first-order chi connectivity index (χ1) is 12.9. The molecular formula is C20H23NO5S. The smallest absolute Gasteiger partial charge is 0.340 e. The second kappa shape index (κ2) is 9.97. The van der Waals surface area contributed by atoms with Crippen molar-refractivity contribution in [3.05, 3.63) is 52.8 Å². The summed E-state index contributed by atoms with van der Waals surface area (Å²) in [6.45, 7) is 4.90. The molecule has 0 bridgehead atoms. The summed E-state index contributed by atoms with van der Waals surface area (Å²) in [6.07, 6.45) is 0.197. The Kier molecular flexibility index (Phi) is 7.67. The van der Waals surface area contributed by atoms with E-state index in [1.54, 1.807) is 32.5 Å². The first kappa shape index (κ1) is 20.8. The number of ether oxygens (including phenoxy) is 2. The van der Waals surface area contributed by atoms with Gasteiger partial charge in [0.15, 0.2) is 6.61 Å². The van der Waals surface area contributed by atoms with Gasteiger partial charge in [-0.05, 0) is 32.9 Å². The third kappa shape index (κ3) is 5.72. The lowest BCUT2D eigenvalue weighted by Crippen LogP contribution is -2.18. The van der Waals surface area contributed by atoms with E-state index in [9.17, 15) is 14.4 Å². The number of H-pyrrole nitrogens is 1. The van der Waals surface area contributed by atoms with Gasteiger partial charge in [-0.3, -0.25) is 9.59 Å². The largest absolute Gasteiger partial charge is 0.462 e. The van der Waals surface area contributed by atoms with Crippen LogP contribution in [0.15, 0.2) is 35.2 Å². The Morgan fingerprint density at radius 3 is 2.33 bits per heavy atom. The summed E-state index contributed by atoms with van der Waals surface area (Å²) < 4.78 is 10.1. The van der Waals surface area contributed by atoms with Crippen molar-refractivity contribution in [1.29, 1.82) is 0 Å². The first-order valence-electron chi connectivity index (χ1n) is 8.67. The van der Waals surface area contributed by atoms with Gasteiger partial charge in [-0.2, -0.15) is 0 Å². The molecular weight excluding hydrogens is 366 g/mol. The van der Waals surface area contributed by atoms with Crippen LogP contribution in [0, 0.1) is 13.8 Å². The molecule has 0 aliphatic carbocycles. The number of rotatable bonds is 9. The van der Waals surface area contributed by atoms with Gasteiger partial charge in [0.2, 0.25) is 5.78 Å². The highest BCUT2D eigenvalue weighted by Gasteiger charge is 2.25. The van der Waals surface area contributed by atoms with Crippen LogP contribution in [0.25, 0.3) is 0 Å². The summed E-state index contributed by atoms with van der Waals surface area (Å²) in [5.41, 5.74) is 1.53. The lowest BCUT2D eigenvalue weighted by Gasteiger charge is -2.07. The van der Waals surface area contributed by atoms with Crippen LogP contribution in [0.3, 0.4) is 0 Å². The first-order valence-corrected chi connectivity index (χ1v) is 9.65. The predicted octanol–water partition coefficient (Wildman–Crippen LogP) is 3.72. The molecule has 144 valence electrons. The fourth-order valence-electron chi connectivity index (χ4n) is 2.65. The number of hydrogen-bond acceptors (Lipinski definition) is 6. The standard InChI is InChI=1S/C20H23NO5S/c1-4-25-20(24)19-14(3)21-13(2)18(19)16(22)12-26-17(23)10-11-27-15-8-6-5-7-9-15/h5-9,21H,4,10-12H2,1-3H3. The van der Waals surface area contributed by atoms with Gasteiger partial charge in [-0.1, -0.05) is 18.2 Å². The maximum Gasteiger partial charge on any atom is 0.340 e. The van der Waals surface area contributed by atoms with Gasteiger partial charge < -0.3 is 14.5 Å². The molecule has 0 fully saturated rings. The number of hydrogen-bond donors (Lipinski definition) is 1. The molecule has 1 aromatic carbocycles. The SMILES string of the molecule is CCOC(=O)c1c(C)[nH]c(C)c1C(=O)COC(=O)CCSc1ccccc1. The van der Waals surface area contributed by atoms with Crippen LogP contribution in [0.2, 0.25) is 0 Å². The van der Waals surface area contributed by atoms with Crippen molar-refractivity contribution in [2.24, 2.45) is 0 Å². The summed E-state index contributed by atoms with van der Waals surface area (Å²) in [4.78, 5) is 40.5. The number of benzene rings is 1. The Morgan fingerprint density at radius 1 is 1.00 bits per heavy atom. The third-order valence-corrected chi connectivity index (χ3v) is 4.83. The fraction of sp³-hybridized carbons (Fsp3) is 0.350. The minimum Gasteiger partial charge on any atom is -0.462 e. The van der Waals surface area contributed by atoms with Crippen LogP contribution in [0.4, 0.5) is 0 Å². The number of esters is 2. The van der Waals surface area contributed by atoms with Crippen LogP contribution in [-0.4, -0.2) is 41.7 Å². The highest BCUT2D eigenvalue weighted by molar-refractivity contribution is 7.99. The minimum absolute atomic E-state index is 0.197. The van der Waals surface area contributed by atoms with Crippen LogP contribution in [0.1, 0.15) is 45.4 Å². The maximum absolute atomic E-state index is 12.5. The quantitative estimate of drug-likeness (QED) is 0.400. The zero-order chi connectivity index (χ0) is 19.8. The number of nitrogens with one attached hydrogen (secondary N) is 1. The second-order valence-electron chi connectivity index (χ2n) is 5.84. The van der Waals surface area contributed by atoms with E-state index in [-0.39, 0.29) is 24.2 Å². The van der Waals surface area contributed by atoms with Crippen LogP contribution in [-0.2, 0) is 14.3 Å². The molecule has 6 nitrogen and oxygen atoms in total. The van der Waals surface area contributed by atoms with E-state index in [4.69, 9.17) is 9.47 Å². The fourth-order valence-corrected chi connectivity index (χ4v) is 3.50. The number of aromatic nitrogens is 1. The molecule has 27 heavy (non-hydrogen) atoms. The van der Waals surface area contributed by atoms with Crippen molar-refractivity contribution in [3.8, 4) is 0 Å². The molecule has 0 atom stereocenters. The Hall–Kier alpha value is -2.54. The van der Waals surface area contributed by atoms with E-state index in [2.05, 4.69) is 4.98 Å². The molecule has 0 aliphatic rings. The minimum atomic E-state index is -0.562. The number of thioether (sulfide) groups is 1. The van der Waals surface area contributed by atoms with Crippen LogP contribution < -0.4 is 0 Å². The number of carbonyl (C=O) groups excluding carboxylic acids is 3. The zero-order valence-corrected chi connectivity index (χ0v) is 16.5. The lowest BCUT2D eigenvalue weighted by molar-refractivity contribution is -0.141. The summed E-state index contributed by atoms with van der Waals surface area (Å²) in [5.74, 6) is -0.875. The summed E-state index contributed by atoms with van der Waals surface area (Å²) in [7, 11) is 0. The summed E-state index contributed by atoms with van der Waals surface area (Å²) >= 11 is 1.55. The third-order valence-electron chi connectivity index (χ3n) is 3.82. The molecule has 0 amide bonds. The average Bonchev–Trinajstić information content (AvgIpc) is 2.95. The normalized spacial score (nSPS) is 10.5.